The van der Waals surface area contributed by atoms with E-state index in [0.29, 0.717) is 5.56 Å². The highest BCUT2D eigenvalue weighted by Gasteiger charge is 2.26. The molecule has 1 N–H and O–H groups in total. The highest BCUT2D eigenvalue weighted by atomic mass is 16.4. The number of hydrogen-bond donors (Lipinski definition) is 1. The molecule has 0 spiro atoms. The normalized spacial score (nSPS) is 11.2. The molecule has 0 fully saturated rings. The monoisotopic (exact) mass is 263 g/mol. The molecule has 1 aromatic rings. The molecule has 0 bridgehead atoms. The molecule has 1 rings (SSSR count). The van der Waals surface area contributed by atoms with Crippen molar-refractivity contribution >= 4 is 11.9 Å². The van der Waals surface area contributed by atoms with Crippen LogP contribution in [0.1, 0.15) is 43.1 Å². The molecule has 104 valence electrons. The Hall–Kier alpha value is -1.84. The number of carbonyl (C=O) groups is 2. The molecule has 0 aliphatic carbocycles. The van der Waals surface area contributed by atoms with Gasteiger partial charge in [0.25, 0.3) is 0 Å². The number of rotatable bonds is 5. The first-order chi connectivity index (χ1) is 8.79. The van der Waals surface area contributed by atoms with E-state index >= 15 is 0 Å². The van der Waals surface area contributed by atoms with Crippen molar-refractivity contribution in [1.82, 2.24) is 4.90 Å². The van der Waals surface area contributed by atoms with Gasteiger partial charge in [0.2, 0.25) is 5.91 Å². The van der Waals surface area contributed by atoms with Gasteiger partial charge in [0.15, 0.2) is 0 Å². The van der Waals surface area contributed by atoms with Gasteiger partial charge in [0.05, 0.1) is 12.0 Å². The van der Waals surface area contributed by atoms with E-state index < -0.39 is 5.97 Å². The van der Waals surface area contributed by atoms with Crippen molar-refractivity contribution in [1.29, 1.82) is 0 Å². The van der Waals surface area contributed by atoms with Crippen LogP contribution in [0.3, 0.4) is 0 Å². The Bertz CT molecular complexity index is 480. The fourth-order valence-corrected chi connectivity index (χ4v) is 1.74. The number of likely N-dealkylation sites (N-methyl/N-ethyl adjacent to an activating group) is 1. The summed E-state index contributed by atoms with van der Waals surface area (Å²) in [5.74, 6) is -1.07. The van der Waals surface area contributed by atoms with Crippen LogP contribution in [-0.2, 0) is 11.2 Å². The molecule has 0 saturated carbocycles. The lowest BCUT2D eigenvalue weighted by atomic mass is 9.98. The van der Waals surface area contributed by atoms with Crippen molar-refractivity contribution in [3.63, 3.8) is 0 Å². The van der Waals surface area contributed by atoms with Crippen LogP contribution in [-0.4, -0.2) is 34.5 Å². The molecule has 4 heteroatoms. The highest BCUT2D eigenvalue weighted by molar-refractivity contribution is 5.91. The van der Waals surface area contributed by atoms with Crippen LogP contribution in [0.5, 0.6) is 0 Å². The van der Waals surface area contributed by atoms with Crippen molar-refractivity contribution in [3.05, 3.63) is 35.4 Å². The maximum Gasteiger partial charge on any atom is 0.335 e. The van der Waals surface area contributed by atoms with Crippen LogP contribution in [0.25, 0.3) is 0 Å². The third-order valence-corrected chi connectivity index (χ3v) is 3.74. The number of benzene rings is 1. The Kier molecular flexibility index (Phi) is 4.70. The second-order valence-electron chi connectivity index (χ2n) is 5.26. The SMILES string of the molecule is CCC(C)(C)N(C)C(=O)Cc1ccccc1C(=O)O. The predicted molar refractivity (Wildman–Crippen MR) is 74.2 cm³/mol. The average Bonchev–Trinajstić information content (AvgIpc) is 2.38. The first-order valence-corrected chi connectivity index (χ1v) is 6.37. The molecule has 0 heterocycles. The van der Waals surface area contributed by atoms with E-state index in [-0.39, 0.29) is 23.4 Å². The number of nitrogens with zero attached hydrogens (tertiary/aromatic N) is 1. The van der Waals surface area contributed by atoms with E-state index in [9.17, 15) is 9.59 Å². The molecule has 0 radical (unpaired) electrons. The van der Waals surface area contributed by atoms with E-state index in [1.54, 1.807) is 30.1 Å². The van der Waals surface area contributed by atoms with Crippen molar-refractivity contribution in [3.8, 4) is 0 Å². The largest absolute Gasteiger partial charge is 0.478 e. The fraction of sp³-hybridized carbons (Fsp3) is 0.467. The molecule has 4 nitrogen and oxygen atoms in total. The predicted octanol–water partition coefficient (Wildman–Crippen LogP) is 2.57. The van der Waals surface area contributed by atoms with Gasteiger partial charge in [-0.15, -0.1) is 0 Å². The van der Waals surface area contributed by atoms with Crippen molar-refractivity contribution < 1.29 is 14.7 Å². The van der Waals surface area contributed by atoms with E-state index in [2.05, 4.69) is 0 Å². The zero-order valence-electron chi connectivity index (χ0n) is 11.9. The molecule has 19 heavy (non-hydrogen) atoms. The van der Waals surface area contributed by atoms with Crippen molar-refractivity contribution in [2.24, 2.45) is 0 Å². The van der Waals surface area contributed by atoms with Gasteiger partial charge < -0.3 is 10.0 Å². The minimum absolute atomic E-state index is 0.0689. The Balaban J connectivity index is 2.92. The zero-order chi connectivity index (χ0) is 14.6. The summed E-state index contributed by atoms with van der Waals surface area (Å²) in [6.07, 6.45) is 0.957. The van der Waals surface area contributed by atoms with Gasteiger partial charge in [-0.25, -0.2) is 4.79 Å². The number of carbonyl (C=O) groups excluding carboxylic acids is 1. The smallest absolute Gasteiger partial charge is 0.335 e. The Labute approximate surface area is 114 Å². The second-order valence-corrected chi connectivity index (χ2v) is 5.26. The van der Waals surface area contributed by atoms with Gasteiger partial charge in [-0.1, -0.05) is 25.1 Å². The molecule has 0 saturated heterocycles. The lowest BCUT2D eigenvalue weighted by molar-refractivity contribution is -0.133. The number of amides is 1. The van der Waals surface area contributed by atoms with Crippen LogP contribution in [0, 0.1) is 0 Å². The van der Waals surface area contributed by atoms with Gasteiger partial charge in [0, 0.05) is 12.6 Å². The van der Waals surface area contributed by atoms with E-state index in [1.165, 1.54) is 6.07 Å². The summed E-state index contributed by atoms with van der Waals surface area (Å²) in [6.45, 7) is 6.01. The van der Waals surface area contributed by atoms with E-state index in [4.69, 9.17) is 5.11 Å². The number of carboxylic acid groups (broad SMARTS) is 1. The molecule has 0 aliphatic heterocycles. The Morgan fingerprint density at radius 1 is 1.26 bits per heavy atom. The van der Waals surface area contributed by atoms with Gasteiger partial charge in [-0.05, 0) is 31.9 Å². The van der Waals surface area contributed by atoms with Crippen LogP contribution < -0.4 is 0 Å². The summed E-state index contributed by atoms with van der Waals surface area (Å²) in [4.78, 5) is 25.0. The summed E-state index contributed by atoms with van der Waals surface area (Å²) in [7, 11) is 1.76. The minimum atomic E-state index is -0.999. The lowest BCUT2D eigenvalue weighted by Crippen LogP contribution is -2.45. The molecule has 0 aromatic heterocycles. The molecule has 0 unspecified atom stereocenters. The highest BCUT2D eigenvalue weighted by Crippen LogP contribution is 2.19. The van der Waals surface area contributed by atoms with Crippen LogP contribution in [0.4, 0.5) is 0 Å². The van der Waals surface area contributed by atoms with Gasteiger partial charge in [-0.3, -0.25) is 4.79 Å². The topological polar surface area (TPSA) is 57.6 Å². The third-order valence-electron chi connectivity index (χ3n) is 3.74. The standard InChI is InChI=1S/C15H21NO3/c1-5-15(2,3)16(4)13(17)10-11-8-6-7-9-12(11)14(18)19/h6-9H,5,10H2,1-4H3,(H,18,19). The average molecular weight is 263 g/mol. The van der Waals surface area contributed by atoms with Crippen molar-refractivity contribution in [2.45, 2.75) is 39.2 Å². The molecule has 1 aromatic carbocycles. The van der Waals surface area contributed by atoms with Crippen LogP contribution in [0.15, 0.2) is 24.3 Å². The lowest BCUT2D eigenvalue weighted by Gasteiger charge is -2.35. The molecular formula is C15H21NO3. The first-order valence-electron chi connectivity index (χ1n) is 6.37. The Morgan fingerprint density at radius 2 is 1.84 bits per heavy atom. The van der Waals surface area contributed by atoms with Gasteiger partial charge >= 0.3 is 5.97 Å². The maximum atomic E-state index is 12.2. The molecule has 1 amide bonds. The summed E-state index contributed by atoms with van der Waals surface area (Å²) < 4.78 is 0. The molecule has 0 aliphatic rings. The summed E-state index contributed by atoms with van der Waals surface area (Å²) in [5, 5.41) is 9.10. The fourth-order valence-electron chi connectivity index (χ4n) is 1.74. The summed E-state index contributed by atoms with van der Waals surface area (Å²) in [6, 6.07) is 6.63. The summed E-state index contributed by atoms with van der Waals surface area (Å²) >= 11 is 0. The minimum Gasteiger partial charge on any atom is -0.478 e. The zero-order valence-corrected chi connectivity index (χ0v) is 11.9. The third kappa shape index (κ3) is 3.56. The molecule has 0 atom stereocenters. The van der Waals surface area contributed by atoms with Crippen LogP contribution >= 0.6 is 0 Å². The number of hydrogen-bond acceptors (Lipinski definition) is 2. The number of carboxylic acids is 1. The van der Waals surface area contributed by atoms with E-state index in [1.807, 2.05) is 20.8 Å². The van der Waals surface area contributed by atoms with E-state index in [0.717, 1.165) is 6.42 Å². The van der Waals surface area contributed by atoms with Gasteiger partial charge in [0.1, 0.15) is 0 Å². The molecular weight excluding hydrogens is 242 g/mol. The maximum absolute atomic E-state index is 12.2. The second kappa shape index (κ2) is 5.87. The quantitative estimate of drug-likeness (QED) is 0.888. The summed E-state index contributed by atoms with van der Waals surface area (Å²) in [5.41, 5.74) is 0.521. The number of aromatic carboxylic acids is 1. The van der Waals surface area contributed by atoms with Gasteiger partial charge in [-0.2, -0.15) is 0 Å². The van der Waals surface area contributed by atoms with Crippen molar-refractivity contribution in [2.75, 3.05) is 7.05 Å². The Morgan fingerprint density at radius 3 is 2.37 bits per heavy atom. The first kappa shape index (κ1) is 15.2. The van der Waals surface area contributed by atoms with Crippen LogP contribution in [0.2, 0.25) is 0 Å².